The lowest BCUT2D eigenvalue weighted by Crippen LogP contribution is -2.29. The third-order valence-corrected chi connectivity index (χ3v) is 4.20. The van der Waals surface area contributed by atoms with Crippen LogP contribution in [-0.4, -0.2) is 17.4 Å². The van der Waals surface area contributed by atoms with Crippen molar-refractivity contribution < 1.29 is 4.79 Å². The number of hydrogen-bond acceptors (Lipinski definition) is 4. The zero-order chi connectivity index (χ0) is 13.2. The molecular formula is C14H15N3OS. The Morgan fingerprint density at radius 1 is 1.53 bits per heavy atom. The fraction of sp³-hybridized carbons (Fsp3) is 0.286. The van der Waals surface area contributed by atoms with Crippen molar-refractivity contribution in [3.05, 3.63) is 45.9 Å². The van der Waals surface area contributed by atoms with Crippen LogP contribution in [0.15, 0.2) is 29.6 Å². The zero-order valence-corrected chi connectivity index (χ0v) is 11.5. The minimum Gasteiger partial charge on any atom is -0.384 e. The summed E-state index contributed by atoms with van der Waals surface area (Å²) in [5, 5.41) is 9.17. The van der Waals surface area contributed by atoms with Crippen molar-refractivity contribution in [2.24, 2.45) is 0 Å². The second kappa shape index (κ2) is 5.01. The van der Waals surface area contributed by atoms with Gasteiger partial charge in [0, 0.05) is 23.3 Å². The van der Waals surface area contributed by atoms with Gasteiger partial charge in [0.1, 0.15) is 5.01 Å². The van der Waals surface area contributed by atoms with Gasteiger partial charge in [-0.05, 0) is 18.6 Å². The topological polar surface area (TPSA) is 54.0 Å². The van der Waals surface area contributed by atoms with E-state index in [2.05, 4.69) is 15.6 Å². The molecular weight excluding hydrogens is 258 g/mol. The minimum atomic E-state index is -0.0998. The lowest BCUT2D eigenvalue weighted by Gasteiger charge is -2.10. The van der Waals surface area contributed by atoms with E-state index < -0.39 is 0 Å². The maximum Gasteiger partial charge on any atom is 0.229 e. The molecule has 1 aromatic carbocycles. The van der Waals surface area contributed by atoms with Gasteiger partial charge >= 0.3 is 0 Å². The van der Waals surface area contributed by atoms with Gasteiger partial charge in [0.15, 0.2) is 0 Å². The number of anilines is 1. The first kappa shape index (κ1) is 12.2. The van der Waals surface area contributed by atoms with Gasteiger partial charge in [0.25, 0.3) is 0 Å². The van der Waals surface area contributed by atoms with Gasteiger partial charge < -0.3 is 10.6 Å². The van der Waals surface area contributed by atoms with E-state index in [1.807, 2.05) is 36.6 Å². The number of aromatic nitrogens is 1. The molecule has 0 saturated heterocycles. The highest BCUT2D eigenvalue weighted by atomic mass is 32.1. The number of aryl methyl sites for hydroxylation is 1. The molecule has 19 heavy (non-hydrogen) atoms. The Labute approximate surface area is 115 Å². The van der Waals surface area contributed by atoms with Crippen LogP contribution in [0.3, 0.4) is 0 Å². The van der Waals surface area contributed by atoms with E-state index >= 15 is 0 Å². The summed E-state index contributed by atoms with van der Waals surface area (Å²) in [5.74, 6) is -0.0393. The molecule has 0 fully saturated rings. The predicted octanol–water partition coefficient (Wildman–Crippen LogP) is 2.28. The quantitative estimate of drug-likeness (QED) is 0.902. The first-order valence-electron chi connectivity index (χ1n) is 6.25. The Morgan fingerprint density at radius 3 is 3.16 bits per heavy atom. The van der Waals surface area contributed by atoms with Gasteiger partial charge in [-0.3, -0.25) is 4.79 Å². The zero-order valence-electron chi connectivity index (χ0n) is 10.6. The second-order valence-corrected chi connectivity index (χ2v) is 5.56. The van der Waals surface area contributed by atoms with Crippen molar-refractivity contribution in [1.82, 2.24) is 10.3 Å². The van der Waals surface area contributed by atoms with Gasteiger partial charge in [-0.1, -0.05) is 18.2 Å². The highest BCUT2D eigenvalue weighted by Crippen LogP contribution is 2.31. The van der Waals surface area contributed by atoms with E-state index in [1.165, 1.54) is 0 Å². The molecule has 98 valence electrons. The number of nitrogens with zero attached hydrogens (tertiary/aromatic N) is 1. The minimum absolute atomic E-state index is 0.0605. The summed E-state index contributed by atoms with van der Waals surface area (Å²) in [6.45, 7) is 3.14. The van der Waals surface area contributed by atoms with E-state index in [0.29, 0.717) is 13.1 Å². The molecule has 2 N–H and O–H groups in total. The molecule has 0 spiro atoms. The van der Waals surface area contributed by atoms with Crippen molar-refractivity contribution >= 4 is 22.9 Å². The monoisotopic (exact) mass is 273 g/mol. The molecule has 5 heteroatoms. The first-order valence-corrected chi connectivity index (χ1v) is 7.13. The molecule has 0 bridgehead atoms. The number of amides is 1. The Bertz CT molecular complexity index is 608. The number of carbonyl (C=O) groups excluding carboxylic acids is 1. The molecule has 2 heterocycles. The van der Waals surface area contributed by atoms with Crippen LogP contribution in [0.25, 0.3) is 0 Å². The number of fused-ring (bicyclic) bond motifs is 1. The Balaban J connectivity index is 1.66. The van der Waals surface area contributed by atoms with E-state index in [4.69, 9.17) is 0 Å². The van der Waals surface area contributed by atoms with Gasteiger partial charge in [-0.2, -0.15) is 0 Å². The molecule has 1 amide bonds. The van der Waals surface area contributed by atoms with Gasteiger partial charge in [-0.15, -0.1) is 11.3 Å². The summed E-state index contributed by atoms with van der Waals surface area (Å²) in [6, 6.07) is 7.96. The molecule has 0 radical (unpaired) electrons. The summed E-state index contributed by atoms with van der Waals surface area (Å²) >= 11 is 1.58. The molecule has 1 aromatic heterocycles. The SMILES string of the molecule is Cc1csc(CNC(=O)C2CNc3ccccc32)n1. The average molecular weight is 273 g/mol. The van der Waals surface area contributed by atoms with Crippen LogP contribution in [0.1, 0.15) is 22.2 Å². The number of rotatable bonds is 3. The van der Waals surface area contributed by atoms with Crippen LogP contribution in [0.2, 0.25) is 0 Å². The molecule has 3 rings (SSSR count). The van der Waals surface area contributed by atoms with Crippen LogP contribution < -0.4 is 10.6 Å². The lowest BCUT2D eigenvalue weighted by molar-refractivity contribution is -0.122. The van der Waals surface area contributed by atoms with Crippen LogP contribution in [0.4, 0.5) is 5.69 Å². The number of hydrogen-bond donors (Lipinski definition) is 2. The molecule has 1 unspecified atom stereocenters. The largest absolute Gasteiger partial charge is 0.384 e. The molecule has 4 nitrogen and oxygen atoms in total. The Morgan fingerprint density at radius 2 is 2.37 bits per heavy atom. The fourth-order valence-electron chi connectivity index (χ4n) is 2.29. The average Bonchev–Trinajstić information content (AvgIpc) is 3.02. The highest BCUT2D eigenvalue weighted by Gasteiger charge is 2.27. The molecule has 0 saturated carbocycles. The molecule has 1 atom stereocenters. The number of nitrogens with one attached hydrogen (secondary N) is 2. The fourth-order valence-corrected chi connectivity index (χ4v) is 3.00. The summed E-state index contributed by atoms with van der Waals surface area (Å²) in [7, 11) is 0. The van der Waals surface area contributed by atoms with E-state index in [-0.39, 0.29) is 11.8 Å². The smallest absolute Gasteiger partial charge is 0.229 e. The molecule has 2 aromatic rings. The number of benzene rings is 1. The standard InChI is InChI=1S/C14H15N3OS/c1-9-8-19-13(17-9)7-16-14(18)11-6-15-12-5-3-2-4-10(11)12/h2-5,8,11,15H,6-7H2,1H3,(H,16,18). The lowest BCUT2D eigenvalue weighted by atomic mass is 10.0. The van der Waals surface area contributed by atoms with E-state index in [1.54, 1.807) is 11.3 Å². The van der Waals surface area contributed by atoms with Crippen LogP contribution in [0, 0.1) is 6.92 Å². The molecule has 1 aliphatic heterocycles. The third-order valence-electron chi connectivity index (χ3n) is 3.23. The molecule has 1 aliphatic rings. The van der Waals surface area contributed by atoms with Crippen LogP contribution in [0.5, 0.6) is 0 Å². The number of thiazole rings is 1. The highest BCUT2D eigenvalue weighted by molar-refractivity contribution is 7.09. The third kappa shape index (κ3) is 2.46. The van der Waals surface area contributed by atoms with E-state index in [0.717, 1.165) is 22.0 Å². The maximum atomic E-state index is 12.2. The van der Waals surface area contributed by atoms with Gasteiger partial charge in [0.2, 0.25) is 5.91 Å². The Hall–Kier alpha value is -1.88. The normalized spacial score (nSPS) is 16.8. The Kier molecular flexibility index (Phi) is 3.21. The van der Waals surface area contributed by atoms with Crippen LogP contribution in [-0.2, 0) is 11.3 Å². The van der Waals surface area contributed by atoms with Crippen molar-refractivity contribution in [1.29, 1.82) is 0 Å². The summed E-state index contributed by atoms with van der Waals surface area (Å²) < 4.78 is 0. The predicted molar refractivity (Wildman–Crippen MR) is 76.4 cm³/mol. The van der Waals surface area contributed by atoms with Crippen molar-refractivity contribution in [3.8, 4) is 0 Å². The second-order valence-electron chi connectivity index (χ2n) is 4.62. The summed E-state index contributed by atoms with van der Waals surface area (Å²) in [5.41, 5.74) is 3.14. The summed E-state index contributed by atoms with van der Waals surface area (Å²) in [6.07, 6.45) is 0. The summed E-state index contributed by atoms with van der Waals surface area (Å²) in [4.78, 5) is 16.6. The van der Waals surface area contributed by atoms with Gasteiger partial charge in [0.05, 0.1) is 12.5 Å². The van der Waals surface area contributed by atoms with E-state index in [9.17, 15) is 4.79 Å². The van der Waals surface area contributed by atoms with Crippen molar-refractivity contribution in [2.45, 2.75) is 19.4 Å². The molecule has 0 aliphatic carbocycles. The first-order chi connectivity index (χ1) is 9.24. The van der Waals surface area contributed by atoms with Gasteiger partial charge in [-0.25, -0.2) is 4.98 Å². The van der Waals surface area contributed by atoms with Crippen molar-refractivity contribution in [3.63, 3.8) is 0 Å². The maximum absolute atomic E-state index is 12.2. The van der Waals surface area contributed by atoms with Crippen LogP contribution >= 0.6 is 11.3 Å². The van der Waals surface area contributed by atoms with Crippen molar-refractivity contribution in [2.75, 3.05) is 11.9 Å². The number of carbonyl (C=O) groups is 1. The number of para-hydroxylation sites is 1.